The molecular formula is C13H21N3O6. The number of hydrogen-bond donors (Lipinski definition) is 3. The predicted octanol–water partition coefficient (Wildman–Crippen LogP) is 0.320. The van der Waals surface area contributed by atoms with Gasteiger partial charge in [-0.25, -0.2) is 14.5 Å². The molecule has 4 amide bonds. The lowest BCUT2D eigenvalue weighted by molar-refractivity contribution is -0.142. The third kappa shape index (κ3) is 5.08. The zero-order valence-electron chi connectivity index (χ0n) is 13.2. The summed E-state index contributed by atoms with van der Waals surface area (Å²) in [4.78, 5) is 46.8. The van der Waals surface area contributed by atoms with Crippen molar-refractivity contribution in [2.45, 2.75) is 26.3 Å². The van der Waals surface area contributed by atoms with Gasteiger partial charge in [0, 0.05) is 12.6 Å². The third-order valence-corrected chi connectivity index (χ3v) is 2.78. The van der Waals surface area contributed by atoms with Crippen LogP contribution in [0.25, 0.3) is 0 Å². The van der Waals surface area contributed by atoms with Crippen molar-refractivity contribution in [2.75, 3.05) is 20.7 Å². The molecule has 3 N–H and O–H groups in total. The quantitative estimate of drug-likeness (QED) is 0.627. The zero-order valence-corrected chi connectivity index (χ0v) is 13.2. The topological polar surface area (TPSA) is 125 Å². The molecule has 0 atom stereocenters. The van der Waals surface area contributed by atoms with Gasteiger partial charge in [0.25, 0.3) is 5.91 Å². The van der Waals surface area contributed by atoms with Crippen LogP contribution in [0.15, 0.2) is 11.6 Å². The lowest BCUT2D eigenvalue weighted by Crippen LogP contribution is -2.53. The molecule has 124 valence electrons. The average molecular weight is 315 g/mol. The van der Waals surface area contributed by atoms with Crippen LogP contribution in [0.4, 0.5) is 9.59 Å². The minimum atomic E-state index is -1.37. The Kier molecular flexibility index (Phi) is 7.07. The molecule has 22 heavy (non-hydrogen) atoms. The van der Waals surface area contributed by atoms with Crippen LogP contribution in [0, 0.1) is 0 Å². The maximum atomic E-state index is 12.4. The molecule has 0 unspecified atom stereocenters. The molecule has 0 aliphatic rings. The fraction of sp³-hybridized carbons (Fsp3) is 0.538. The summed E-state index contributed by atoms with van der Waals surface area (Å²) in [5, 5.41) is 13.7. The number of nitrogens with one attached hydrogen (secondary N) is 2. The molecular weight excluding hydrogens is 294 g/mol. The Balaban J connectivity index is 5.52. The minimum absolute atomic E-state index is 0.0442. The number of carboxylic acid groups (broad SMARTS) is 1. The number of aliphatic carboxylic acids is 1. The number of imide groups is 1. The van der Waals surface area contributed by atoms with Crippen molar-refractivity contribution in [3.8, 4) is 0 Å². The molecule has 0 bridgehead atoms. The second kappa shape index (κ2) is 8.01. The summed E-state index contributed by atoms with van der Waals surface area (Å²) in [5.41, 5.74) is -1.08. The highest BCUT2D eigenvalue weighted by Gasteiger charge is 2.35. The van der Waals surface area contributed by atoms with Crippen LogP contribution >= 0.6 is 0 Å². The van der Waals surface area contributed by atoms with Crippen LogP contribution in [-0.2, 0) is 14.3 Å². The average Bonchev–Trinajstić information content (AvgIpc) is 2.43. The van der Waals surface area contributed by atoms with Crippen LogP contribution in [0.1, 0.15) is 20.8 Å². The maximum absolute atomic E-state index is 12.4. The van der Waals surface area contributed by atoms with E-state index in [0.29, 0.717) is 4.90 Å². The summed E-state index contributed by atoms with van der Waals surface area (Å²) >= 11 is 0. The van der Waals surface area contributed by atoms with Gasteiger partial charge in [-0.2, -0.15) is 0 Å². The first-order valence-corrected chi connectivity index (χ1v) is 6.39. The third-order valence-electron chi connectivity index (χ3n) is 2.78. The van der Waals surface area contributed by atoms with Crippen molar-refractivity contribution < 1.29 is 29.0 Å². The summed E-state index contributed by atoms with van der Waals surface area (Å²) in [5.74, 6) is -2.23. The lowest BCUT2D eigenvalue weighted by Gasteiger charge is -2.30. The van der Waals surface area contributed by atoms with E-state index in [9.17, 15) is 19.2 Å². The van der Waals surface area contributed by atoms with Crippen LogP contribution in [0.3, 0.4) is 0 Å². The van der Waals surface area contributed by atoms with E-state index in [-0.39, 0.29) is 5.57 Å². The minimum Gasteiger partial charge on any atom is -0.480 e. The molecule has 0 aliphatic heterocycles. The number of methoxy groups -OCH3 is 1. The summed E-state index contributed by atoms with van der Waals surface area (Å²) in [6.45, 7) is 3.78. The Morgan fingerprint density at radius 3 is 2.18 bits per heavy atom. The fourth-order valence-electron chi connectivity index (χ4n) is 1.78. The van der Waals surface area contributed by atoms with Crippen LogP contribution in [-0.4, -0.2) is 60.2 Å². The molecule has 0 saturated carbocycles. The number of carbonyl (C=O) groups excluding carboxylic acids is 3. The lowest BCUT2D eigenvalue weighted by atomic mass is 9.92. The number of carboxylic acids is 1. The molecule has 0 aromatic carbocycles. The second-order valence-electron chi connectivity index (χ2n) is 4.79. The molecule has 9 nitrogen and oxygen atoms in total. The Bertz CT molecular complexity index is 498. The first-order chi connectivity index (χ1) is 10.1. The number of nitrogens with zero attached hydrogens (tertiary/aromatic N) is 1. The van der Waals surface area contributed by atoms with Gasteiger partial charge in [0.1, 0.15) is 6.54 Å². The van der Waals surface area contributed by atoms with Gasteiger partial charge in [0.05, 0.1) is 12.6 Å². The van der Waals surface area contributed by atoms with E-state index >= 15 is 0 Å². The van der Waals surface area contributed by atoms with Crippen LogP contribution in [0.2, 0.25) is 0 Å². The molecule has 0 aromatic rings. The van der Waals surface area contributed by atoms with E-state index in [1.54, 1.807) is 13.8 Å². The highest BCUT2D eigenvalue weighted by atomic mass is 16.5. The Labute approximate surface area is 128 Å². The number of hydrogen-bond acceptors (Lipinski definition) is 5. The van der Waals surface area contributed by atoms with E-state index in [2.05, 4.69) is 15.4 Å². The van der Waals surface area contributed by atoms with Crippen LogP contribution < -0.4 is 10.6 Å². The van der Waals surface area contributed by atoms with Crippen molar-refractivity contribution in [1.29, 1.82) is 0 Å². The number of urea groups is 1. The monoisotopic (exact) mass is 315 g/mol. The maximum Gasteiger partial charge on any atom is 0.417 e. The Morgan fingerprint density at radius 2 is 1.82 bits per heavy atom. The first-order valence-electron chi connectivity index (χ1n) is 6.39. The van der Waals surface area contributed by atoms with E-state index in [4.69, 9.17) is 5.11 Å². The Hall–Kier alpha value is -2.58. The predicted molar refractivity (Wildman–Crippen MR) is 77.2 cm³/mol. The van der Waals surface area contributed by atoms with Crippen molar-refractivity contribution in [2.24, 2.45) is 0 Å². The molecule has 0 aliphatic carbocycles. The van der Waals surface area contributed by atoms with Gasteiger partial charge in [-0.3, -0.25) is 9.59 Å². The second-order valence-corrected chi connectivity index (χ2v) is 4.79. The van der Waals surface area contributed by atoms with Gasteiger partial charge in [-0.1, -0.05) is 6.08 Å². The zero-order chi connectivity index (χ0) is 17.5. The normalized spacial score (nSPS) is 11.4. The molecule has 0 heterocycles. The van der Waals surface area contributed by atoms with E-state index in [1.165, 1.54) is 20.0 Å². The first kappa shape index (κ1) is 19.4. The van der Waals surface area contributed by atoms with Crippen molar-refractivity contribution in [1.82, 2.24) is 15.5 Å². The number of carbonyl (C=O) groups is 4. The van der Waals surface area contributed by atoms with Gasteiger partial charge < -0.3 is 20.5 Å². The van der Waals surface area contributed by atoms with Gasteiger partial charge in [-0.05, 0) is 20.8 Å². The molecule has 0 rings (SSSR count). The summed E-state index contributed by atoms with van der Waals surface area (Å²) in [6, 6.07) is -0.528. The molecule has 0 spiro atoms. The highest BCUT2D eigenvalue weighted by molar-refractivity contribution is 6.05. The SMILES string of the molecule is C/C=C(/C(=O)N(CC(=O)O)C(=O)OC)C(C)(C)NC(=O)NC. The standard InChI is InChI=1S/C13H21N3O6/c1-6-8(13(2,3)15-11(20)14-4)10(19)16(7-9(17)18)12(21)22-5/h6H,7H2,1-5H3,(H,17,18)(H2,14,15,20)/b8-6-. The van der Waals surface area contributed by atoms with Gasteiger partial charge in [-0.15, -0.1) is 0 Å². The summed E-state index contributed by atoms with van der Waals surface area (Å²) in [6.07, 6.45) is 0.304. The van der Waals surface area contributed by atoms with E-state index in [0.717, 1.165) is 7.11 Å². The van der Waals surface area contributed by atoms with E-state index in [1.807, 2.05) is 0 Å². The molecule has 0 fully saturated rings. The number of amides is 4. The highest BCUT2D eigenvalue weighted by Crippen LogP contribution is 2.19. The fourth-order valence-corrected chi connectivity index (χ4v) is 1.78. The summed E-state index contributed by atoms with van der Waals surface area (Å²) in [7, 11) is 2.45. The molecule has 0 radical (unpaired) electrons. The number of allylic oxidation sites excluding steroid dienone is 1. The van der Waals surface area contributed by atoms with Crippen molar-refractivity contribution in [3.05, 3.63) is 11.6 Å². The summed E-state index contributed by atoms with van der Waals surface area (Å²) < 4.78 is 4.42. The van der Waals surface area contributed by atoms with Gasteiger partial charge in [0.2, 0.25) is 0 Å². The smallest absolute Gasteiger partial charge is 0.417 e. The number of rotatable bonds is 5. The van der Waals surface area contributed by atoms with Crippen LogP contribution in [0.5, 0.6) is 0 Å². The van der Waals surface area contributed by atoms with Crippen molar-refractivity contribution in [3.63, 3.8) is 0 Å². The number of ether oxygens (including phenoxy) is 1. The molecule has 0 saturated heterocycles. The van der Waals surface area contributed by atoms with E-state index < -0.39 is 36.1 Å². The van der Waals surface area contributed by atoms with Gasteiger partial charge in [0.15, 0.2) is 0 Å². The molecule has 0 aromatic heterocycles. The van der Waals surface area contributed by atoms with Gasteiger partial charge >= 0.3 is 18.1 Å². The van der Waals surface area contributed by atoms with Crippen molar-refractivity contribution >= 4 is 24.0 Å². The largest absolute Gasteiger partial charge is 0.480 e. The Morgan fingerprint density at radius 1 is 1.27 bits per heavy atom. The molecule has 9 heteroatoms.